The highest BCUT2D eigenvalue weighted by Gasteiger charge is 2.13. The largest absolute Gasteiger partial charge is 0.493 e. The number of para-hydroxylation sites is 1. The molecule has 0 unspecified atom stereocenters. The zero-order valence-electron chi connectivity index (χ0n) is 20.7. The number of allylic oxidation sites excluding steroid dienone is 1. The van der Waals surface area contributed by atoms with Crippen molar-refractivity contribution in [2.24, 2.45) is 0 Å². The summed E-state index contributed by atoms with van der Waals surface area (Å²) in [6, 6.07) is 23.3. The van der Waals surface area contributed by atoms with Gasteiger partial charge in [-0.2, -0.15) is 0 Å². The summed E-state index contributed by atoms with van der Waals surface area (Å²) in [5, 5.41) is 0. The van der Waals surface area contributed by atoms with E-state index in [1.54, 1.807) is 42.5 Å². The molecule has 190 valence electrons. The molecule has 0 heterocycles. The first-order chi connectivity index (χ1) is 17.3. The third-order valence-electron chi connectivity index (χ3n) is 5.21. The first-order valence-electron chi connectivity index (χ1n) is 12.1. The number of esters is 1. The van der Waals surface area contributed by atoms with Gasteiger partial charge < -0.3 is 9.47 Å². The van der Waals surface area contributed by atoms with Crippen molar-refractivity contribution in [1.29, 1.82) is 0 Å². The Labute approximate surface area is 214 Å². The molecule has 1 N–H and O–H groups in total. The molecular formula is C29H33NO5S. The molecule has 36 heavy (non-hydrogen) atoms. The highest BCUT2D eigenvalue weighted by Crippen LogP contribution is 2.21. The lowest BCUT2D eigenvalue weighted by atomic mass is 10.1. The Morgan fingerprint density at radius 2 is 1.72 bits per heavy atom. The van der Waals surface area contributed by atoms with Gasteiger partial charge in [0, 0.05) is 12.1 Å². The number of aryl methyl sites for hydroxylation is 1. The van der Waals surface area contributed by atoms with Crippen molar-refractivity contribution in [3.8, 4) is 5.75 Å². The van der Waals surface area contributed by atoms with Crippen LogP contribution in [-0.2, 0) is 26.0 Å². The van der Waals surface area contributed by atoms with Gasteiger partial charge in [0.05, 0.1) is 17.6 Å². The molecule has 0 spiro atoms. The van der Waals surface area contributed by atoms with Gasteiger partial charge in [0.25, 0.3) is 10.0 Å². The number of sulfonamides is 1. The number of carbonyl (C=O) groups excluding carboxylic acids is 1. The molecule has 0 atom stereocenters. The van der Waals surface area contributed by atoms with E-state index in [9.17, 15) is 13.2 Å². The van der Waals surface area contributed by atoms with E-state index in [0.717, 1.165) is 29.7 Å². The molecule has 3 aromatic carbocycles. The molecule has 6 nitrogen and oxygen atoms in total. The van der Waals surface area contributed by atoms with Crippen LogP contribution in [0.2, 0.25) is 0 Å². The minimum absolute atomic E-state index is 0.113. The Bertz CT molecular complexity index is 1250. The Kier molecular flexibility index (Phi) is 10.1. The number of rotatable bonds is 13. The van der Waals surface area contributed by atoms with E-state index in [1.807, 2.05) is 62.4 Å². The maximum atomic E-state index is 12.5. The van der Waals surface area contributed by atoms with E-state index in [2.05, 4.69) is 4.72 Å². The molecule has 0 aliphatic carbocycles. The second kappa shape index (κ2) is 13.5. The number of nitrogens with one attached hydrogen (secondary N) is 1. The van der Waals surface area contributed by atoms with Gasteiger partial charge in [0.2, 0.25) is 0 Å². The topological polar surface area (TPSA) is 81.7 Å². The Balaban J connectivity index is 1.46. The van der Waals surface area contributed by atoms with Crippen LogP contribution in [-0.4, -0.2) is 27.1 Å². The van der Waals surface area contributed by atoms with Crippen molar-refractivity contribution in [1.82, 2.24) is 0 Å². The number of carbonyl (C=O) groups is 1. The van der Waals surface area contributed by atoms with Crippen molar-refractivity contribution in [3.05, 3.63) is 96.1 Å². The minimum atomic E-state index is -3.62. The van der Waals surface area contributed by atoms with E-state index in [0.29, 0.717) is 25.1 Å². The number of hydrogen-bond donors (Lipinski definition) is 1. The summed E-state index contributed by atoms with van der Waals surface area (Å²) in [6.45, 7) is 4.23. The fourth-order valence-electron chi connectivity index (χ4n) is 3.53. The summed E-state index contributed by atoms with van der Waals surface area (Å²) in [5.74, 6) is 0.583. The third kappa shape index (κ3) is 8.89. The van der Waals surface area contributed by atoms with E-state index in [4.69, 9.17) is 9.47 Å². The van der Waals surface area contributed by atoms with Crippen LogP contribution in [0.3, 0.4) is 0 Å². The van der Waals surface area contributed by atoms with E-state index >= 15 is 0 Å². The molecule has 0 saturated heterocycles. The van der Waals surface area contributed by atoms with Crippen LogP contribution in [0.4, 0.5) is 5.69 Å². The van der Waals surface area contributed by atoms with Crippen LogP contribution in [0.1, 0.15) is 44.2 Å². The summed E-state index contributed by atoms with van der Waals surface area (Å²) in [4.78, 5) is 12.1. The second-order valence-electron chi connectivity index (χ2n) is 8.58. The summed E-state index contributed by atoms with van der Waals surface area (Å²) in [5.41, 5.74) is 2.41. The molecule has 3 rings (SSSR count). The van der Waals surface area contributed by atoms with Crippen molar-refractivity contribution >= 4 is 27.8 Å². The van der Waals surface area contributed by atoms with Crippen LogP contribution in [0.25, 0.3) is 6.08 Å². The zero-order valence-corrected chi connectivity index (χ0v) is 21.5. The number of anilines is 1. The Hall–Kier alpha value is -3.58. The van der Waals surface area contributed by atoms with Crippen LogP contribution >= 0.6 is 0 Å². The average Bonchev–Trinajstić information content (AvgIpc) is 2.85. The predicted molar refractivity (Wildman–Crippen MR) is 143 cm³/mol. The molecule has 0 amide bonds. The molecule has 7 heteroatoms. The van der Waals surface area contributed by atoms with Crippen molar-refractivity contribution in [2.45, 2.75) is 50.5 Å². The van der Waals surface area contributed by atoms with Gasteiger partial charge >= 0.3 is 5.97 Å². The van der Waals surface area contributed by atoms with Crippen molar-refractivity contribution in [3.63, 3.8) is 0 Å². The lowest BCUT2D eigenvalue weighted by molar-refractivity contribution is -0.147. The van der Waals surface area contributed by atoms with E-state index < -0.39 is 10.0 Å². The molecule has 0 radical (unpaired) electrons. The Morgan fingerprint density at radius 1 is 0.972 bits per heavy atom. The van der Waals surface area contributed by atoms with Gasteiger partial charge in [-0.1, -0.05) is 60.7 Å². The summed E-state index contributed by atoms with van der Waals surface area (Å²) < 4.78 is 38.9. The SMILES string of the molecule is CC(C)OC(=O)CCc1ccccc1OCCC/C=C/c1cccc(NS(=O)(=O)c2ccccc2)c1. The smallest absolute Gasteiger partial charge is 0.306 e. The van der Waals surface area contributed by atoms with Gasteiger partial charge in [-0.25, -0.2) is 8.42 Å². The van der Waals surface area contributed by atoms with Gasteiger partial charge in [0.15, 0.2) is 0 Å². The monoisotopic (exact) mass is 507 g/mol. The van der Waals surface area contributed by atoms with Gasteiger partial charge in [0.1, 0.15) is 5.75 Å². The standard InChI is InChI=1S/C29H33NO5S/c1-23(2)35-29(31)20-19-25-14-8-9-18-28(25)34-21-10-4-5-12-24-13-11-15-26(22-24)30-36(32,33)27-16-6-3-7-17-27/h3,5-9,11-18,22-23,30H,4,10,19-21H2,1-2H3/b12-5+. The molecule has 0 saturated carbocycles. The van der Waals surface area contributed by atoms with Crippen LogP contribution in [0.5, 0.6) is 5.75 Å². The quantitative estimate of drug-likeness (QED) is 0.219. The maximum absolute atomic E-state index is 12.5. The number of unbranched alkanes of at least 4 members (excludes halogenated alkanes) is 1. The summed E-state index contributed by atoms with van der Waals surface area (Å²) in [6.07, 6.45) is 6.42. The van der Waals surface area contributed by atoms with Gasteiger partial charge in [-0.05, 0) is 74.6 Å². The van der Waals surface area contributed by atoms with Gasteiger partial charge in [-0.15, -0.1) is 0 Å². The highest BCUT2D eigenvalue weighted by molar-refractivity contribution is 7.92. The fraction of sp³-hybridized carbons (Fsp3) is 0.276. The molecule has 0 aliphatic rings. The van der Waals surface area contributed by atoms with Crippen LogP contribution in [0.15, 0.2) is 89.8 Å². The molecular weight excluding hydrogens is 474 g/mol. The van der Waals surface area contributed by atoms with Crippen LogP contribution < -0.4 is 9.46 Å². The summed E-state index contributed by atoms with van der Waals surface area (Å²) >= 11 is 0. The first kappa shape index (κ1) is 27.0. The molecule has 0 aliphatic heterocycles. The lowest BCUT2D eigenvalue weighted by Crippen LogP contribution is -2.12. The minimum Gasteiger partial charge on any atom is -0.493 e. The molecule has 0 fully saturated rings. The zero-order chi connectivity index (χ0) is 25.8. The number of ether oxygens (including phenoxy) is 2. The van der Waals surface area contributed by atoms with E-state index in [-0.39, 0.29) is 17.0 Å². The molecule has 0 aromatic heterocycles. The number of benzene rings is 3. The van der Waals surface area contributed by atoms with Gasteiger partial charge in [-0.3, -0.25) is 9.52 Å². The second-order valence-corrected chi connectivity index (χ2v) is 10.3. The number of hydrogen-bond acceptors (Lipinski definition) is 5. The van der Waals surface area contributed by atoms with Crippen molar-refractivity contribution < 1.29 is 22.7 Å². The fourth-order valence-corrected chi connectivity index (χ4v) is 4.60. The Morgan fingerprint density at radius 3 is 2.50 bits per heavy atom. The molecule has 0 bridgehead atoms. The average molecular weight is 508 g/mol. The van der Waals surface area contributed by atoms with Crippen LogP contribution in [0, 0.1) is 0 Å². The summed E-state index contributed by atoms with van der Waals surface area (Å²) in [7, 11) is -3.62. The highest BCUT2D eigenvalue weighted by atomic mass is 32.2. The normalized spacial score (nSPS) is 11.5. The van der Waals surface area contributed by atoms with Crippen molar-refractivity contribution in [2.75, 3.05) is 11.3 Å². The maximum Gasteiger partial charge on any atom is 0.306 e. The van der Waals surface area contributed by atoms with E-state index in [1.165, 1.54) is 0 Å². The first-order valence-corrected chi connectivity index (χ1v) is 13.6. The molecule has 3 aromatic rings. The predicted octanol–water partition coefficient (Wildman–Crippen LogP) is 6.24. The lowest BCUT2D eigenvalue weighted by Gasteiger charge is -2.12. The third-order valence-corrected chi connectivity index (χ3v) is 6.61.